The second kappa shape index (κ2) is 6.54. The molecule has 0 aliphatic rings. The van der Waals surface area contributed by atoms with E-state index in [1.807, 2.05) is 42.0 Å². The molecule has 1 N–H and O–H groups in total. The molecule has 1 heterocycles. The largest absolute Gasteiger partial charge is 0.306 e. The highest BCUT2D eigenvalue weighted by molar-refractivity contribution is 5.34. The highest BCUT2D eigenvalue weighted by Crippen LogP contribution is 2.17. The minimum Gasteiger partial charge on any atom is -0.306 e. The first-order chi connectivity index (χ1) is 10.7. The molecule has 0 spiro atoms. The number of halogens is 1. The van der Waals surface area contributed by atoms with Crippen LogP contribution < -0.4 is 5.32 Å². The van der Waals surface area contributed by atoms with Crippen LogP contribution in [-0.4, -0.2) is 9.55 Å². The molecular weight excluding hydrogens is 277 g/mol. The van der Waals surface area contributed by atoms with Crippen LogP contribution in [-0.2, 0) is 6.54 Å². The van der Waals surface area contributed by atoms with Crippen LogP contribution in [0, 0.1) is 5.82 Å². The third kappa shape index (κ3) is 3.23. The van der Waals surface area contributed by atoms with E-state index < -0.39 is 0 Å². The van der Waals surface area contributed by atoms with E-state index in [2.05, 4.69) is 22.4 Å². The monoisotopic (exact) mass is 295 g/mol. The molecule has 4 heteroatoms. The highest BCUT2D eigenvalue weighted by Gasteiger charge is 2.09. The van der Waals surface area contributed by atoms with Crippen molar-refractivity contribution >= 4 is 0 Å². The van der Waals surface area contributed by atoms with E-state index in [-0.39, 0.29) is 11.9 Å². The summed E-state index contributed by atoms with van der Waals surface area (Å²) in [7, 11) is 0. The summed E-state index contributed by atoms with van der Waals surface area (Å²) in [6.45, 7) is 2.66. The van der Waals surface area contributed by atoms with Crippen molar-refractivity contribution in [3.63, 3.8) is 0 Å². The summed E-state index contributed by atoms with van der Waals surface area (Å²) in [5.41, 5.74) is 2.92. The average Bonchev–Trinajstić information content (AvgIpc) is 3.08. The molecule has 1 unspecified atom stereocenters. The van der Waals surface area contributed by atoms with Crippen molar-refractivity contribution in [2.45, 2.75) is 19.5 Å². The Morgan fingerprint density at radius 1 is 1.14 bits per heavy atom. The van der Waals surface area contributed by atoms with E-state index in [1.165, 1.54) is 6.07 Å². The van der Waals surface area contributed by atoms with Crippen LogP contribution in [0.3, 0.4) is 0 Å². The standard InChI is InChI=1S/C18H18FN3/c1-14(17-4-2-3-5-18(17)19)21-12-15-6-8-16(9-7-15)22-11-10-20-13-22/h2-11,13-14,21H,12H2,1H3. The molecule has 1 atom stereocenters. The van der Waals surface area contributed by atoms with E-state index in [1.54, 1.807) is 18.6 Å². The molecule has 0 bridgehead atoms. The van der Waals surface area contributed by atoms with Gasteiger partial charge < -0.3 is 9.88 Å². The lowest BCUT2D eigenvalue weighted by molar-refractivity contribution is 0.528. The third-order valence-electron chi connectivity index (χ3n) is 3.72. The van der Waals surface area contributed by atoms with Crippen molar-refractivity contribution < 1.29 is 4.39 Å². The maximum absolute atomic E-state index is 13.7. The number of nitrogens with one attached hydrogen (secondary N) is 1. The van der Waals surface area contributed by atoms with Gasteiger partial charge in [-0.25, -0.2) is 9.37 Å². The number of aromatic nitrogens is 2. The molecular formula is C18H18FN3. The van der Waals surface area contributed by atoms with Crippen molar-refractivity contribution in [2.24, 2.45) is 0 Å². The maximum Gasteiger partial charge on any atom is 0.127 e. The summed E-state index contributed by atoms with van der Waals surface area (Å²) in [4.78, 5) is 4.04. The van der Waals surface area contributed by atoms with Gasteiger partial charge in [0.1, 0.15) is 5.82 Å². The second-order valence-electron chi connectivity index (χ2n) is 5.26. The minimum atomic E-state index is -0.169. The molecule has 3 nitrogen and oxygen atoms in total. The molecule has 3 aromatic rings. The summed E-state index contributed by atoms with van der Waals surface area (Å²) < 4.78 is 15.7. The van der Waals surface area contributed by atoms with Gasteiger partial charge in [-0.15, -0.1) is 0 Å². The summed E-state index contributed by atoms with van der Waals surface area (Å²) in [5.74, 6) is -0.169. The van der Waals surface area contributed by atoms with E-state index in [9.17, 15) is 4.39 Å². The van der Waals surface area contributed by atoms with Crippen LogP contribution in [0.5, 0.6) is 0 Å². The molecule has 22 heavy (non-hydrogen) atoms. The van der Waals surface area contributed by atoms with Crippen LogP contribution >= 0.6 is 0 Å². The lowest BCUT2D eigenvalue weighted by Gasteiger charge is -2.15. The van der Waals surface area contributed by atoms with Crippen LogP contribution in [0.25, 0.3) is 5.69 Å². The lowest BCUT2D eigenvalue weighted by atomic mass is 10.1. The van der Waals surface area contributed by atoms with E-state index >= 15 is 0 Å². The van der Waals surface area contributed by atoms with E-state index in [0.717, 1.165) is 11.3 Å². The van der Waals surface area contributed by atoms with E-state index in [4.69, 9.17) is 0 Å². The van der Waals surface area contributed by atoms with Gasteiger partial charge in [0, 0.05) is 36.2 Å². The fraction of sp³-hybridized carbons (Fsp3) is 0.167. The van der Waals surface area contributed by atoms with Gasteiger partial charge in [0.15, 0.2) is 0 Å². The lowest BCUT2D eigenvalue weighted by Crippen LogP contribution is -2.19. The van der Waals surface area contributed by atoms with Gasteiger partial charge in [0.05, 0.1) is 6.33 Å². The normalized spacial score (nSPS) is 12.3. The predicted molar refractivity (Wildman–Crippen MR) is 85.2 cm³/mol. The van der Waals surface area contributed by atoms with Crippen molar-refractivity contribution in [3.8, 4) is 5.69 Å². The summed E-state index contributed by atoms with van der Waals surface area (Å²) in [5, 5.41) is 3.35. The first kappa shape index (κ1) is 14.5. The van der Waals surface area contributed by atoms with Crippen LogP contribution in [0.4, 0.5) is 4.39 Å². The molecule has 112 valence electrons. The predicted octanol–water partition coefficient (Wildman–Crippen LogP) is 3.86. The number of hydrogen-bond acceptors (Lipinski definition) is 2. The number of rotatable bonds is 5. The zero-order valence-electron chi connectivity index (χ0n) is 12.4. The molecule has 0 saturated heterocycles. The molecule has 0 fully saturated rings. The van der Waals surface area contributed by atoms with Crippen LogP contribution in [0.1, 0.15) is 24.1 Å². The Hall–Kier alpha value is -2.46. The Morgan fingerprint density at radius 2 is 1.91 bits per heavy atom. The number of benzene rings is 2. The maximum atomic E-state index is 13.7. The Kier molecular flexibility index (Phi) is 4.30. The molecule has 0 saturated carbocycles. The van der Waals surface area contributed by atoms with Gasteiger partial charge in [-0.05, 0) is 30.7 Å². The molecule has 1 aromatic heterocycles. The van der Waals surface area contributed by atoms with Gasteiger partial charge in [-0.2, -0.15) is 0 Å². The Morgan fingerprint density at radius 3 is 2.59 bits per heavy atom. The zero-order valence-corrected chi connectivity index (χ0v) is 12.4. The Bertz CT molecular complexity index is 720. The average molecular weight is 295 g/mol. The second-order valence-corrected chi connectivity index (χ2v) is 5.26. The SMILES string of the molecule is CC(NCc1ccc(-n2ccnc2)cc1)c1ccccc1F. The quantitative estimate of drug-likeness (QED) is 0.774. The van der Waals surface area contributed by atoms with Gasteiger partial charge in [-0.1, -0.05) is 30.3 Å². The minimum absolute atomic E-state index is 0.0328. The summed E-state index contributed by atoms with van der Waals surface area (Å²) in [6.07, 6.45) is 5.44. The summed E-state index contributed by atoms with van der Waals surface area (Å²) >= 11 is 0. The third-order valence-corrected chi connectivity index (χ3v) is 3.72. The topological polar surface area (TPSA) is 29.9 Å². The van der Waals surface area contributed by atoms with Crippen LogP contribution in [0.15, 0.2) is 67.3 Å². The van der Waals surface area contributed by atoms with Gasteiger partial charge >= 0.3 is 0 Å². The molecule has 0 radical (unpaired) electrons. The first-order valence-electron chi connectivity index (χ1n) is 7.29. The number of imidazole rings is 1. The van der Waals surface area contributed by atoms with Gasteiger partial charge in [0.2, 0.25) is 0 Å². The van der Waals surface area contributed by atoms with Crippen LogP contribution in [0.2, 0.25) is 0 Å². The van der Waals surface area contributed by atoms with Gasteiger partial charge in [0.25, 0.3) is 0 Å². The number of nitrogens with zero attached hydrogens (tertiary/aromatic N) is 2. The fourth-order valence-electron chi connectivity index (χ4n) is 2.40. The number of hydrogen-bond donors (Lipinski definition) is 1. The summed E-state index contributed by atoms with van der Waals surface area (Å²) in [6, 6.07) is 15.1. The molecule has 0 aliphatic heterocycles. The molecule has 0 amide bonds. The molecule has 2 aromatic carbocycles. The van der Waals surface area contributed by atoms with Crippen molar-refractivity contribution in [2.75, 3.05) is 0 Å². The Balaban J connectivity index is 1.63. The van der Waals surface area contributed by atoms with Gasteiger partial charge in [-0.3, -0.25) is 0 Å². The smallest absolute Gasteiger partial charge is 0.127 e. The van der Waals surface area contributed by atoms with Crippen molar-refractivity contribution in [3.05, 3.63) is 84.2 Å². The zero-order chi connectivity index (χ0) is 15.4. The van der Waals surface area contributed by atoms with E-state index in [0.29, 0.717) is 12.1 Å². The fourth-order valence-corrected chi connectivity index (χ4v) is 2.40. The molecule has 3 rings (SSSR count). The highest BCUT2D eigenvalue weighted by atomic mass is 19.1. The molecule has 0 aliphatic carbocycles. The van der Waals surface area contributed by atoms with Crippen molar-refractivity contribution in [1.82, 2.24) is 14.9 Å². The van der Waals surface area contributed by atoms with Crippen molar-refractivity contribution in [1.29, 1.82) is 0 Å². The Labute approximate surface area is 129 Å². The first-order valence-corrected chi connectivity index (χ1v) is 7.29.